The Bertz CT molecular complexity index is 288. The molecule has 102 valence electrons. The smallest absolute Gasteiger partial charge is 0.307 e. The Kier molecular flexibility index (Phi) is 3.35. The topological polar surface area (TPSA) is 35.5 Å². The van der Waals surface area contributed by atoms with Crippen molar-refractivity contribution in [2.45, 2.75) is 51.9 Å². The second-order valence-corrected chi connectivity index (χ2v) is 6.75. The summed E-state index contributed by atoms with van der Waals surface area (Å²) in [7, 11) is 0. The van der Waals surface area contributed by atoms with E-state index in [1.807, 2.05) is 0 Å². The maximum absolute atomic E-state index is 11.0. The maximum Gasteiger partial charge on any atom is 0.307 e. The monoisotopic (exact) mass is 252 g/mol. The number of carbonyl (C=O) groups is 1. The van der Waals surface area contributed by atoms with E-state index in [0.29, 0.717) is 11.8 Å². The van der Waals surface area contributed by atoms with Crippen LogP contribution in [0.25, 0.3) is 0 Å². The van der Waals surface area contributed by atoms with Gasteiger partial charge in [0.2, 0.25) is 0 Å². The largest absolute Gasteiger partial charge is 0.438 e. The molecule has 0 radical (unpaired) electrons. The Morgan fingerprint density at radius 1 is 1.11 bits per heavy atom. The molecular formula is C15H24O3. The van der Waals surface area contributed by atoms with Gasteiger partial charge in [0, 0.05) is 6.42 Å². The van der Waals surface area contributed by atoms with Gasteiger partial charge in [0.25, 0.3) is 0 Å². The van der Waals surface area contributed by atoms with Crippen LogP contribution in [0.1, 0.15) is 51.9 Å². The van der Waals surface area contributed by atoms with E-state index in [2.05, 4.69) is 0 Å². The molecule has 0 atom stereocenters. The normalized spacial score (nSPS) is 41.1. The molecule has 4 bridgehead atoms. The number of esters is 1. The molecule has 0 amide bonds. The number of hydrogen-bond donors (Lipinski definition) is 0. The first-order valence-corrected chi connectivity index (χ1v) is 7.42. The van der Waals surface area contributed by atoms with E-state index < -0.39 is 0 Å². The first-order valence-electron chi connectivity index (χ1n) is 7.42. The van der Waals surface area contributed by atoms with Gasteiger partial charge in [-0.2, -0.15) is 0 Å². The lowest BCUT2D eigenvalue weighted by molar-refractivity contribution is -0.166. The lowest BCUT2D eigenvalue weighted by Gasteiger charge is -2.56. The van der Waals surface area contributed by atoms with Gasteiger partial charge in [0.15, 0.2) is 6.79 Å². The number of carbonyl (C=O) groups excluding carboxylic acids is 1. The lowest BCUT2D eigenvalue weighted by Crippen LogP contribution is -2.48. The van der Waals surface area contributed by atoms with Gasteiger partial charge in [-0.25, -0.2) is 0 Å². The van der Waals surface area contributed by atoms with Crippen LogP contribution < -0.4 is 0 Å². The molecule has 18 heavy (non-hydrogen) atoms. The molecule has 4 fully saturated rings. The molecular weight excluding hydrogens is 228 g/mol. The summed E-state index contributed by atoms with van der Waals surface area (Å²) < 4.78 is 10.6. The number of rotatable bonds is 5. The molecule has 0 N–H and O–H groups in total. The Morgan fingerprint density at radius 2 is 1.67 bits per heavy atom. The molecule has 4 aliphatic carbocycles. The summed E-state index contributed by atoms with van der Waals surface area (Å²) in [6.45, 7) is 2.75. The average Bonchev–Trinajstić information content (AvgIpc) is 2.32. The molecule has 0 aromatic heterocycles. The van der Waals surface area contributed by atoms with Crippen molar-refractivity contribution in [3.8, 4) is 0 Å². The summed E-state index contributed by atoms with van der Waals surface area (Å²) in [5.74, 6) is 2.70. The zero-order valence-electron chi connectivity index (χ0n) is 11.3. The predicted octanol–water partition coefficient (Wildman–Crippen LogP) is 3.13. The van der Waals surface area contributed by atoms with Crippen molar-refractivity contribution in [1.82, 2.24) is 0 Å². The third-order valence-electron chi connectivity index (χ3n) is 5.17. The van der Waals surface area contributed by atoms with Crippen molar-refractivity contribution in [2.75, 3.05) is 13.4 Å². The Morgan fingerprint density at radius 3 is 2.17 bits per heavy atom. The SMILES string of the molecule is CCC(=O)OCOCC12CC3CC(CC(C3)C1)C2. The highest BCUT2D eigenvalue weighted by Gasteiger charge is 2.50. The van der Waals surface area contributed by atoms with E-state index in [1.54, 1.807) is 6.92 Å². The standard InChI is InChI=1S/C15H24O3/c1-2-14(16)18-10-17-9-15-6-11-3-12(7-15)5-13(4-11)8-15/h11-13H,2-10H2,1H3. The fraction of sp³-hybridized carbons (Fsp3) is 0.933. The first kappa shape index (κ1) is 12.5. The fourth-order valence-corrected chi connectivity index (χ4v) is 4.93. The molecule has 0 aromatic carbocycles. The molecule has 3 heteroatoms. The number of ether oxygens (including phenoxy) is 2. The van der Waals surface area contributed by atoms with Crippen LogP contribution in [0.2, 0.25) is 0 Å². The van der Waals surface area contributed by atoms with Crippen molar-refractivity contribution < 1.29 is 14.3 Å². The average molecular weight is 252 g/mol. The van der Waals surface area contributed by atoms with Crippen molar-refractivity contribution in [1.29, 1.82) is 0 Å². The molecule has 4 rings (SSSR count). The summed E-state index contributed by atoms with van der Waals surface area (Å²) in [6.07, 6.45) is 8.86. The third kappa shape index (κ3) is 2.42. The highest BCUT2D eigenvalue weighted by atomic mass is 16.7. The molecule has 0 heterocycles. The van der Waals surface area contributed by atoms with Gasteiger partial charge in [-0.3, -0.25) is 4.79 Å². The molecule has 0 spiro atoms. The van der Waals surface area contributed by atoms with E-state index in [-0.39, 0.29) is 12.8 Å². The highest BCUT2D eigenvalue weighted by molar-refractivity contribution is 5.68. The Labute approximate surface area is 109 Å². The quantitative estimate of drug-likeness (QED) is 0.428. The second-order valence-electron chi connectivity index (χ2n) is 6.75. The van der Waals surface area contributed by atoms with Gasteiger partial charge in [-0.05, 0) is 61.7 Å². The molecule has 4 saturated carbocycles. The summed E-state index contributed by atoms with van der Waals surface area (Å²) in [6, 6.07) is 0. The van der Waals surface area contributed by atoms with E-state index >= 15 is 0 Å². The summed E-state index contributed by atoms with van der Waals surface area (Å²) >= 11 is 0. The van der Waals surface area contributed by atoms with Crippen molar-refractivity contribution >= 4 is 5.97 Å². The van der Waals surface area contributed by atoms with E-state index in [0.717, 1.165) is 24.4 Å². The van der Waals surface area contributed by atoms with Crippen LogP contribution in [0, 0.1) is 23.2 Å². The fourth-order valence-electron chi connectivity index (χ4n) is 4.93. The van der Waals surface area contributed by atoms with Gasteiger partial charge in [0.1, 0.15) is 0 Å². The zero-order valence-corrected chi connectivity index (χ0v) is 11.3. The minimum atomic E-state index is -0.166. The first-order chi connectivity index (χ1) is 8.69. The Hall–Kier alpha value is -0.570. The highest BCUT2D eigenvalue weighted by Crippen LogP contribution is 2.59. The van der Waals surface area contributed by atoms with E-state index in [1.165, 1.54) is 38.5 Å². The van der Waals surface area contributed by atoms with Crippen LogP contribution in [0.4, 0.5) is 0 Å². The van der Waals surface area contributed by atoms with Crippen LogP contribution in [0.15, 0.2) is 0 Å². The van der Waals surface area contributed by atoms with Crippen LogP contribution in [-0.2, 0) is 14.3 Å². The second kappa shape index (κ2) is 4.84. The van der Waals surface area contributed by atoms with Crippen molar-refractivity contribution in [3.05, 3.63) is 0 Å². The molecule has 0 aromatic rings. The molecule has 0 unspecified atom stereocenters. The van der Waals surface area contributed by atoms with Crippen LogP contribution in [0.3, 0.4) is 0 Å². The van der Waals surface area contributed by atoms with Crippen LogP contribution >= 0.6 is 0 Å². The van der Waals surface area contributed by atoms with Crippen molar-refractivity contribution in [2.24, 2.45) is 23.2 Å². The Balaban J connectivity index is 1.49. The summed E-state index contributed by atoms with van der Waals surface area (Å²) in [4.78, 5) is 11.0. The molecule has 0 aliphatic heterocycles. The van der Waals surface area contributed by atoms with Gasteiger partial charge < -0.3 is 9.47 Å². The van der Waals surface area contributed by atoms with Gasteiger partial charge in [-0.1, -0.05) is 6.92 Å². The van der Waals surface area contributed by atoms with Crippen molar-refractivity contribution in [3.63, 3.8) is 0 Å². The van der Waals surface area contributed by atoms with Crippen LogP contribution in [0.5, 0.6) is 0 Å². The number of hydrogen-bond acceptors (Lipinski definition) is 3. The molecule has 4 aliphatic rings. The lowest BCUT2D eigenvalue weighted by atomic mass is 9.50. The minimum absolute atomic E-state index is 0.147. The van der Waals surface area contributed by atoms with E-state index in [9.17, 15) is 4.79 Å². The minimum Gasteiger partial charge on any atom is -0.438 e. The maximum atomic E-state index is 11.0. The molecule has 3 nitrogen and oxygen atoms in total. The summed E-state index contributed by atoms with van der Waals surface area (Å²) in [5, 5.41) is 0. The van der Waals surface area contributed by atoms with Gasteiger partial charge in [0.05, 0.1) is 6.61 Å². The predicted molar refractivity (Wildman–Crippen MR) is 67.8 cm³/mol. The van der Waals surface area contributed by atoms with Gasteiger partial charge in [-0.15, -0.1) is 0 Å². The van der Waals surface area contributed by atoms with Crippen LogP contribution in [-0.4, -0.2) is 19.4 Å². The molecule has 0 saturated heterocycles. The van der Waals surface area contributed by atoms with E-state index in [4.69, 9.17) is 9.47 Å². The summed E-state index contributed by atoms with van der Waals surface area (Å²) in [5.41, 5.74) is 0.424. The third-order valence-corrected chi connectivity index (χ3v) is 5.17. The zero-order chi connectivity index (χ0) is 12.6. The van der Waals surface area contributed by atoms with Gasteiger partial charge >= 0.3 is 5.97 Å².